The zero-order chi connectivity index (χ0) is 10.2. The molecule has 15 heavy (non-hydrogen) atoms. The number of carboxylic acids is 1. The van der Waals surface area contributed by atoms with Gasteiger partial charge in [0.15, 0.2) is 0 Å². The summed E-state index contributed by atoms with van der Waals surface area (Å²) in [5.41, 5.74) is 0. The van der Waals surface area contributed by atoms with Crippen molar-refractivity contribution in [3.05, 3.63) is 12.2 Å². The van der Waals surface area contributed by atoms with E-state index in [4.69, 9.17) is 0 Å². The molecule has 0 aromatic carbocycles. The Morgan fingerprint density at radius 1 is 1.07 bits per heavy atom. The zero-order valence-electron chi connectivity index (χ0n) is 8.67. The van der Waals surface area contributed by atoms with Crippen LogP contribution in [0.3, 0.4) is 0 Å². The highest BCUT2D eigenvalue weighted by molar-refractivity contribution is 5.71. The molecule has 7 atom stereocenters. The molecule has 0 amide bonds. The monoisotopic (exact) mass is 204 g/mol. The zero-order valence-corrected chi connectivity index (χ0v) is 8.67. The minimum absolute atomic E-state index is 0.0102. The number of aliphatic carboxylic acids is 1. The Morgan fingerprint density at radius 3 is 2.53 bits per heavy atom. The molecular weight excluding hydrogens is 188 g/mol. The van der Waals surface area contributed by atoms with Gasteiger partial charge in [0, 0.05) is 0 Å². The normalized spacial score (nSPS) is 58.8. The van der Waals surface area contributed by atoms with Gasteiger partial charge in [-0.3, -0.25) is 4.79 Å². The first kappa shape index (κ1) is 8.37. The van der Waals surface area contributed by atoms with Crippen molar-refractivity contribution in [1.29, 1.82) is 0 Å². The minimum Gasteiger partial charge on any atom is -0.481 e. The van der Waals surface area contributed by atoms with Crippen molar-refractivity contribution >= 4 is 5.97 Å². The Morgan fingerprint density at radius 2 is 1.80 bits per heavy atom. The molecule has 3 saturated carbocycles. The second-order valence-corrected chi connectivity index (χ2v) is 5.94. The number of carbonyl (C=O) groups is 1. The van der Waals surface area contributed by atoms with Crippen LogP contribution in [0.1, 0.15) is 19.3 Å². The van der Waals surface area contributed by atoms with Gasteiger partial charge in [-0.15, -0.1) is 0 Å². The lowest BCUT2D eigenvalue weighted by molar-refractivity contribution is -0.144. The summed E-state index contributed by atoms with van der Waals surface area (Å²) in [6, 6.07) is 0. The fraction of sp³-hybridized carbons (Fsp3) is 0.769. The standard InChI is InChI=1S/C13H16O2/c14-13(15)10-5-8-4-9(10)12-7-2-1-6(3-7)11(8)12/h1-2,6-12H,3-5H2,(H,14,15)/t6-,7?,8-,9+,10?,11?,12?/m1/s1. The number of fused-ring (bicyclic) bond motifs is 9. The second kappa shape index (κ2) is 2.47. The van der Waals surface area contributed by atoms with Crippen molar-refractivity contribution in [1.82, 2.24) is 0 Å². The molecule has 0 aliphatic heterocycles. The van der Waals surface area contributed by atoms with E-state index in [-0.39, 0.29) is 5.92 Å². The summed E-state index contributed by atoms with van der Waals surface area (Å²) in [6.07, 6.45) is 8.28. The first-order valence-corrected chi connectivity index (χ1v) is 6.17. The summed E-state index contributed by atoms with van der Waals surface area (Å²) in [5.74, 6) is 3.84. The first-order valence-electron chi connectivity index (χ1n) is 6.17. The largest absolute Gasteiger partial charge is 0.481 e. The maximum atomic E-state index is 11.2. The van der Waals surface area contributed by atoms with Crippen LogP contribution in [-0.4, -0.2) is 11.1 Å². The fourth-order valence-electron chi connectivity index (χ4n) is 5.30. The summed E-state index contributed by atoms with van der Waals surface area (Å²) >= 11 is 0. The molecule has 4 aliphatic carbocycles. The summed E-state index contributed by atoms with van der Waals surface area (Å²) in [4.78, 5) is 11.2. The summed E-state index contributed by atoms with van der Waals surface area (Å²) < 4.78 is 0. The maximum absolute atomic E-state index is 11.2. The highest BCUT2D eigenvalue weighted by atomic mass is 16.4. The van der Waals surface area contributed by atoms with Crippen molar-refractivity contribution in [3.63, 3.8) is 0 Å². The molecule has 0 spiro atoms. The van der Waals surface area contributed by atoms with Gasteiger partial charge in [0.25, 0.3) is 0 Å². The SMILES string of the molecule is O=C(O)C1C[C@H]2C[C@@H]1C1C3C=C[C@H](C3)C12. The third kappa shape index (κ3) is 0.849. The summed E-state index contributed by atoms with van der Waals surface area (Å²) in [6.45, 7) is 0. The van der Waals surface area contributed by atoms with Crippen molar-refractivity contribution in [3.8, 4) is 0 Å². The first-order chi connectivity index (χ1) is 7.25. The van der Waals surface area contributed by atoms with Gasteiger partial charge >= 0.3 is 5.97 Å². The lowest BCUT2D eigenvalue weighted by Crippen LogP contribution is -2.34. The van der Waals surface area contributed by atoms with Crippen LogP contribution in [0, 0.1) is 41.4 Å². The number of rotatable bonds is 1. The molecule has 4 rings (SSSR count). The average Bonchev–Trinajstić information content (AvgIpc) is 2.95. The van der Waals surface area contributed by atoms with Crippen LogP contribution in [0.15, 0.2) is 12.2 Å². The van der Waals surface area contributed by atoms with E-state index in [1.807, 2.05) is 0 Å². The van der Waals surface area contributed by atoms with Gasteiger partial charge < -0.3 is 5.11 Å². The highest BCUT2D eigenvalue weighted by Gasteiger charge is 2.62. The van der Waals surface area contributed by atoms with Crippen LogP contribution in [-0.2, 0) is 4.79 Å². The molecule has 2 nitrogen and oxygen atoms in total. The molecule has 0 saturated heterocycles. The van der Waals surface area contributed by atoms with Gasteiger partial charge in [0.1, 0.15) is 0 Å². The fourth-order valence-corrected chi connectivity index (χ4v) is 5.30. The molecule has 0 aromatic rings. The van der Waals surface area contributed by atoms with E-state index >= 15 is 0 Å². The van der Waals surface area contributed by atoms with E-state index in [0.29, 0.717) is 5.92 Å². The van der Waals surface area contributed by atoms with Crippen LogP contribution in [0.5, 0.6) is 0 Å². The molecule has 4 aliphatic rings. The third-order valence-electron chi connectivity index (χ3n) is 5.59. The molecule has 2 heteroatoms. The van der Waals surface area contributed by atoms with Gasteiger partial charge in [-0.1, -0.05) is 12.2 Å². The highest BCUT2D eigenvalue weighted by Crippen LogP contribution is 2.66. The van der Waals surface area contributed by atoms with Crippen molar-refractivity contribution in [2.45, 2.75) is 19.3 Å². The Kier molecular flexibility index (Phi) is 1.38. The topological polar surface area (TPSA) is 37.3 Å². The molecule has 4 unspecified atom stereocenters. The molecule has 3 fully saturated rings. The van der Waals surface area contributed by atoms with E-state index < -0.39 is 5.97 Å². The van der Waals surface area contributed by atoms with E-state index in [9.17, 15) is 9.90 Å². The minimum atomic E-state index is -0.535. The lowest BCUT2D eigenvalue weighted by Gasteiger charge is -2.34. The van der Waals surface area contributed by atoms with E-state index in [0.717, 1.165) is 36.0 Å². The third-order valence-corrected chi connectivity index (χ3v) is 5.59. The van der Waals surface area contributed by atoms with Crippen molar-refractivity contribution in [2.75, 3.05) is 0 Å². The van der Waals surface area contributed by atoms with Gasteiger partial charge in [-0.25, -0.2) is 0 Å². The van der Waals surface area contributed by atoms with Crippen LogP contribution in [0.4, 0.5) is 0 Å². The van der Waals surface area contributed by atoms with E-state index in [2.05, 4.69) is 12.2 Å². The predicted molar refractivity (Wildman–Crippen MR) is 55.1 cm³/mol. The van der Waals surface area contributed by atoms with E-state index in [1.165, 1.54) is 12.8 Å². The molecular formula is C13H16O2. The van der Waals surface area contributed by atoms with E-state index in [1.54, 1.807) is 0 Å². The van der Waals surface area contributed by atoms with Crippen molar-refractivity contribution in [2.24, 2.45) is 41.4 Å². The van der Waals surface area contributed by atoms with Crippen LogP contribution in [0.25, 0.3) is 0 Å². The predicted octanol–water partition coefficient (Wildman–Crippen LogP) is 2.17. The second-order valence-electron chi connectivity index (χ2n) is 5.94. The number of hydrogen-bond donors (Lipinski definition) is 1. The molecule has 0 aromatic heterocycles. The maximum Gasteiger partial charge on any atom is 0.306 e. The molecule has 80 valence electrons. The number of hydrogen-bond acceptors (Lipinski definition) is 1. The van der Waals surface area contributed by atoms with Crippen molar-refractivity contribution < 1.29 is 9.90 Å². The Labute approximate surface area is 89.4 Å². The van der Waals surface area contributed by atoms with Crippen LogP contribution < -0.4 is 0 Å². The number of carboxylic acid groups (broad SMARTS) is 1. The molecule has 4 bridgehead atoms. The van der Waals surface area contributed by atoms with Gasteiger partial charge in [0.05, 0.1) is 5.92 Å². The van der Waals surface area contributed by atoms with Gasteiger partial charge in [0.2, 0.25) is 0 Å². The Balaban J connectivity index is 1.71. The van der Waals surface area contributed by atoms with Gasteiger partial charge in [-0.05, 0) is 54.8 Å². The van der Waals surface area contributed by atoms with Gasteiger partial charge in [-0.2, -0.15) is 0 Å². The lowest BCUT2D eigenvalue weighted by atomic mass is 9.69. The van der Waals surface area contributed by atoms with Crippen LogP contribution in [0.2, 0.25) is 0 Å². The Bertz CT molecular complexity index is 360. The smallest absolute Gasteiger partial charge is 0.306 e. The molecule has 0 radical (unpaired) electrons. The average molecular weight is 204 g/mol. The number of allylic oxidation sites excluding steroid dienone is 2. The quantitative estimate of drug-likeness (QED) is 0.525. The molecule has 0 heterocycles. The molecule has 1 N–H and O–H groups in total. The summed E-state index contributed by atoms with van der Waals surface area (Å²) in [7, 11) is 0. The Hall–Kier alpha value is -0.790. The van der Waals surface area contributed by atoms with Crippen LogP contribution >= 0.6 is 0 Å². The summed E-state index contributed by atoms with van der Waals surface area (Å²) in [5, 5.41) is 9.21.